The molecule has 2 fully saturated rings. The van der Waals surface area contributed by atoms with E-state index in [1.54, 1.807) is 0 Å². The average molecular weight is 328 g/mol. The van der Waals surface area contributed by atoms with Crippen LogP contribution in [0.15, 0.2) is 24.3 Å². The summed E-state index contributed by atoms with van der Waals surface area (Å²) < 4.78 is 0. The predicted octanol–water partition coefficient (Wildman–Crippen LogP) is 0.448. The molecule has 1 unspecified atom stereocenters. The number of anilines is 1. The third-order valence-corrected chi connectivity index (χ3v) is 5.53. The second-order valence-corrected chi connectivity index (χ2v) is 6.99. The van der Waals surface area contributed by atoms with E-state index in [2.05, 4.69) is 15.5 Å². The number of hydrogen-bond acceptors (Lipinski definition) is 4. The fraction of sp³-hybridized carbons (Fsp3) is 0.556. The highest BCUT2D eigenvalue weighted by Crippen LogP contribution is 2.39. The van der Waals surface area contributed by atoms with Gasteiger partial charge in [0, 0.05) is 44.8 Å². The van der Waals surface area contributed by atoms with Gasteiger partial charge in [0.1, 0.15) is 5.54 Å². The second-order valence-electron chi connectivity index (χ2n) is 6.99. The molecular weight excluding hydrogens is 304 g/mol. The number of amides is 2. The molecule has 0 radical (unpaired) electrons. The zero-order valence-electron chi connectivity index (χ0n) is 13.9. The van der Waals surface area contributed by atoms with Crippen LogP contribution in [-0.2, 0) is 16.0 Å². The average Bonchev–Trinajstić information content (AvgIpc) is 3.01. The van der Waals surface area contributed by atoms with Crippen molar-refractivity contribution in [3.63, 3.8) is 0 Å². The van der Waals surface area contributed by atoms with Crippen LogP contribution in [0.2, 0.25) is 0 Å². The molecule has 2 N–H and O–H groups in total. The topological polar surface area (TPSA) is 64.7 Å². The van der Waals surface area contributed by atoms with Crippen molar-refractivity contribution in [2.24, 2.45) is 0 Å². The quantitative estimate of drug-likeness (QED) is 0.827. The van der Waals surface area contributed by atoms with Crippen LogP contribution in [0.1, 0.15) is 18.4 Å². The van der Waals surface area contributed by atoms with Crippen LogP contribution >= 0.6 is 0 Å². The van der Waals surface area contributed by atoms with Gasteiger partial charge in [-0.05, 0) is 24.5 Å². The maximum absolute atomic E-state index is 12.9. The van der Waals surface area contributed by atoms with Crippen LogP contribution < -0.4 is 10.6 Å². The highest BCUT2D eigenvalue weighted by Gasteiger charge is 2.51. The molecule has 0 saturated carbocycles. The summed E-state index contributed by atoms with van der Waals surface area (Å²) in [4.78, 5) is 29.8. The maximum Gasteiger partial charge on any atom is 0.250 e. The number of fused-ring (bicyclic) bond motifs is 1. The van der Waals surface area contributed by atoms with E-state index >= 15 is 0 Å². The first kappa shape index (κ1) is 15.6. The van der Waals surface area contributed by atoms with E-state index in [0.29, 0.717) is 19.5 Å². The van der Waals surface area contributed by atoms with Crippen LogP contribution in [0.5, 0.6) is 0 Å². The second kappa shape index (κ2) is 6.18. The zero-order valence-corrected chi connectivity index (χ0v) is 13.9. The highest BCUT2D eigenvalue weighted by atomic mass is 16.2. The smallest absolute Gasteiger partial charge is 0.250 e. The third-order valence-electron chi connectivity index (χ3n) is 5.53. The minimum absolute atomic E-state index is 0.0210. The first-order valence-electron chi connectivity index (χ1n) is 8.82. The Morgan fingerprint density at radius 2 is 1.96 bits per heavy atom. The Bertz CT molecular complexity index is 656. The normalized spacial score (nSPS) is 27.2. The monoisotopic (exact) mass is 328 g/mol. The number of nitrogens with zero attached hydrogens (tertiary/aromatic N) is 2. The van der Waals surface area contributed by atoms with E-state index in [9.17, 15) is 9.59 Å². The predicted molar refractivity (Wildman–Crippen MR) is 91.8 cm³/mol. The van der Waals surface area contributed by atoms with Gasteiger partial charge in [-0.2, -0.15) is 0 Å². The summed E-state index contributed by atoms with van der Waals surface area (Å²) in [5.74, 6) is 0.0660. The summed E-state index contributed by atoms with van der Waals surface area (Å²) in [7, 11) is 0. The van der Waals surface area contributed by atoms with Gasteiger partial charge in [-0.25, -0.2) is 0 Å². The van der Waals surface area contributed by atoms with Crippen molar-refractivity contribution in [2.45, 2.75) is 24.8 Å². The zero-order chi connectivity index (χ0) is 16.6. The molecule has 4 rings (SSSR count). The Morgan fingerprint density at radius 1 is 1.17 bits per heavy atom. The van der Waals surface area contributed by atoms with Crippen LogP contribution in [-0.4, -0.2) is 66.4 Å². The van der Waals surface area contributed by atoms with Crippen LogP contribution in [0.4, 0.5) is 5.69 Å². The third kappa shape index (κ3) is 2.59. The Morgan fingerprint density at radius 3 is 2.79 bits per heavy atom. The Balaban J connectivity index is 1.55. The molecule has 24 heavy (non-hydrogen) atoms. The molecule has 6 nitrogen and oxygen atoms in total. The summed E-state index contributed by atoms with van der Waals surface area (Å²) >= 11 is 0. The lowest BCUT2D eigenvalue weighted by Crippen LogP contribution is -2.60. The molecule has 0 aliphatic carbocycles. The largest absolute Gasteiger partial charge is 0.326 e. The van der Waals surface area contributed by atoms with Gasteiger partial charge in [0.05, 0.1) is 6.54 Å². The van der Waals surface area contributed by atoms with Crippen molar-refractivity contribution in [3.8, 4) is 0 Å². The molecule has 6 heteroatoms. The van der Waals surface area contributed by atoms with E-state index in [4.69, 9.17) is 0 Å². The van der Waals surface area contributed by atoms with E-state index in [1.807, 2.05) is 29.2 Å². The standard InChI is InChI=1S/C18H24N4O2/c23-16(13-21-10-7-19-8-11-21)22-9-3-6-18(22)12-14-4-1-2-5-15(14)20-17(18)24/h1-2,4-5,19H,3,6-13H2,(H,20,24). The molecule has 128 valence electrons. The molecule has 3 heterocycles. The fourth-order valence-corrected chi connectivity index (χ4v) is 4.24. The molecule has 2 amide bonds. The van der Waals surface area contributed by atoms with Crippen molar-refractivity contribution >= 4 is 17.5 Å². The van der Waals surface area contributed by atoms with E-state index in [1.165, 1.54) is 0 Å². The van der Waals surface area contributed by atoms with Gasteiger partial charge in [0.25, 0.3) is 5.91 Å². The van der Waals surface area contributed by atoms with Crippen molar-refractivity contribution in [3.05, 3.63) is 29.8 Å². The summed E-state index contributed by atoms with van der Waals surface area (Å²) in [6.07, 6.45) is 2.27. The van der Waals surface area contributed by atoms with Crippen LogP contribution in [0.25, 0.3) is 0 Å². The lowest BCUT2D eigenvalue weighted by Gasteiger charge is -2.41. The lowest BCUT2D eigenvalue weighted by molar-refractivity contribution is -0.143. The van der Waals surface area contributed by atoms with Crippen molar-refractivity contribution < 1.29 is 9.59 Å². The number of carbonyl (C=O) groups is 2. The van der Waals surface area contributed by atoms with Crippen molar-refractivity contribution in [1.29, 1.82) is 0 Å². The van der Waals surface area contributed by atoms with Crippen LogP contribution in [0, 0.1) is 0 Å². The summed E-state index contributed by atoms with van der Waals surface area (Å²) in [6, 6.07) is 7.90. The summed E-state index contributed by atoms with van der Waals surface area (Å²) in [6.45, 7) is 4.72. The SMILES string of the molecule is O=C(CN1CCNCC1)N1CCCC12Cc1ccccc1NC2=O. The minimum Gasteiger partial charge on any atom is -0.326 e. The molecule has 3 aliphatic heterocycles. The number of piperazine rings is 1. The highest BCUT2D eigenvalue weighted by molar-refractivity contribution is 6.03. The minimum atomic E-state index is -0.695. The molecule has 1 aromatic rings. The molecule has 2 saturated heterocycles. The molecule has 1 atom stereocenters. The number of nitrogens with one attached hydrogen (secondary N) is 2. The summed E-state index contributed by atoms with van der Waals surface area (Å²) in [5.41, 5.74) is 1.31. The van der Waals surface area contributed by atoms with E-state index in [-0.39, 0.29) is 11.8 Å². The molecule has 1 spiro atoms. The number of likely N-dealkylation sites (tertiary alicyclic amines) is 1. The van der Waals surface area contributed by atoms with Gasteiger partial charge in [0.2, 0.25) is 5.91 Å². The molecule has 0 bridgehead atoms. The Hall–Kier alpha value is -1.92. The van der Waals surface area contributed by atoms with E-state index in [0.717, 1.165) is 50.3 Å². The first-order valence-corrected chi connectivity index (χ1v) is 8.82. The van der Waals surface area contributed by atoms with Gasteiger partial charge < -0.3 is 15.5 Å². The Labute approximate surface area is 142 Å². The van der Waals surface area contributed by atoms with Gasteiger partial charge in [-0.3, -0.25) is 14.5 Å². The number of para-hydroxylation sites is 1. The van der Waals surface area contributed by atoms with Gasteiger partial charge in [-0.15, -0.1) is 0 Å². The van der Waals surface area contributed by atoms with Gasteiger partial charge >= 0.3 is 0 Å². The van der Waals surface area contributed by atoms with Gasteiger partial charge in [-0.1, -0.05) is 18.2 Å². The Kier molecular flexibility index (Phi) is 4.02. The lowest BCUT2D eigenvalue weighted by atomic mass is 9.83. The van der Waals surface area contributed by atoms with Gasteiger partial charge in [0.15, 0.2) is 0 Å². The van der Waals surface area contributed by atoms with Crippen molar-refractivity contribution in [1.82, 2.24) is 15.1 Å². The molecule has 3 aliphatic rings. The first-order chi connectivity index (χ1) is 11.7. The van der Waals surface area contributed by atoms with Crippen LogP contribution in [0.3, 0.4) is 0 Å². The number of carbonyl (C=O) groups excluding carboxylic acids is 2. The number of rotatable bonds is 2. The molecule has 1 aromatic carbocycles. The maximum atomic E-state index is 12.9. The van der Waals surface area contributed by atoms with Crippen molar-refractivity contribution in [2.75, 3.05) is 44.6 Å². The summed E-state index contributed by atoms with van der Waals surface area (Å²) in [5, 5.41) is 6.33. The number of hydrogen-bond donors (Lipinski definition) is 2. The molecular formula is C18H24N4O2. The number of benzene rings is 1. The van der Waals surface area contributed by atoms with E-state index < -0.39 is 5.54 Å². The molecule has 0 aromatic heterocycles. The fourth-order valence-electron chi connectivity index (χ4n) is 4.24.